The number of hydrogen-bond donors (Lipinski definition) is 1. The first-order valence-corrected chi connectivity index (χ1v) is 9.71. The molecule has 3 aromatic carbocycles. The number of Topliss-reactive ketones (excluding diaryl/α,β-unsaturated/α-hetero) is 1. The van der Waals surface area contributed by atoms with Gasteiger partial charge in [-0.15, -0.1) is 0 Å². The van der Waals surface area contributed by atoms with Crippen LogP contribution in [0.3, 0.4) is 0 Å². The molecule has 1 N–H and O–H groups in total. The minimum atomic E-state index is -0.0318. The summed E-state index contributed by atoms with van der Waals surface area (Å²) in [5, 5.41) is 3.42. The molecular weight excluding hydrogens is 394 g/mol. The van der Waals surface area contributed by atoms with Gasteiger partial charge in [-0.1, -0.05) is 36.4 Å². The van der Waals surface area contributed by atoms with Gasteiger partial charge in [0.15, 0.2) is 17.3 Å². The Morgan fingerprint density at radius 1 is 0.710 bits per heavy atom. The van der Waals surface area contributed by atoms with Crippen LogP contribution in [0.5, 0.6) is 23.0 Å². The number of ketones is 1. The Labute approximate surface area is 181 Å². The van der Waals surface area contributed by atoms with Gasteiger partial charge in [0.2, 0.25) is 5.75 Å². The molecule has 0 bridgehead atoms. The average Bonchev–Trinajstić information content (AvgIpc) is 3.09. The molecule has 0 fully saturated rings. The third-order valence-corrected chi connectivity index (χ3v) is 5.23. The molecule has 3 aromatic rings. The summed E-state index contributed by atoms with van der Waals surface area (Å²) in [6.45, 7) is 0. The van der Waals surface area contributed by atoms with Gasteiger partial charge in [0.1, 0.15) is 5.75 Å². The Hall–Kier alpha value is -3.93. The van der Waals surface area contributed by atoms with Crippen molar-refractivity contribution >= 4 is 22.7 Å². The van der Waals surface area contributed by atoms with Crippen LogP contribution in [0.2, 0.25) is 0 Å². The first-order chi connectivity index (χ1) is 15.1. The van der Waals surface area contributed by atoms with Gasteiger partial charge in [0.05, 0.1) is 39.7 Å². The topological polar surface area (TPSA) is 66.0 Å². The zero-order chi connectivity index (χ0) is 22.0. The summed E-state index contributed by atoms with van der Waals surface area (Å²) in [5.41, 5.74) is 4.32. The molecule has 31 heavy (non-hydrogen) atoms. The van der Waals surface area contributed by atoms with Gasteiger partial charge in [-0.05, 0) is 17.7 Å². The van der Waals surface area contributed by atoms with Gasteiger partial charge in [-0.25, -0.2) is 0 Å². The Bertz CT molecular complexity index is 1140. The zero-order valence-corrected chi connectivity index (χ0v) is 17.8. The molecule has 6 heteroatoms. The second-order valence-corrected chi connectivity index (χ2v) is 6.89. The van der Waals surface area contributed by atoms with E-state index in [9.17, 15) is 4.79 Å². The molecule has 0 radical (unpaired) electrons. The quantitative estimate of drug-likeness (QED) is 0.590. The summed E-state index contributed by atoms with van der Waals surface area (Å²) in [5.74, 6) is 2.24. The number of ether oxygens (including phenoxy) is 4. The van der Waals surface area contributed by atoms with Crippen molar-refractivity contribution < 1.29 is 23.7 Å². The maximum absolute atomic E-state index is 13.3. The van der Waals surface area contributed by atoms with Crippen molar-refractivity contribution in [2.24, 2.45) is 0 Å². The number of nitrogens with one attached hydrogen (secondary N) is 1. The maximum atomic E-state index is 13.3. The molecule has 0 aromatic heterocycles. The van der Waals surface area contributed by atoms with E-state index in [-0.39, 0.29) is 5.78 Å². The monoisotopic (exact) mass is 417 g/mol. The van der Waals surface area contributed by atoms with E-state index in [2.05, 4.69) is 5.32 Å². The number of allylic oxidation sites excluding steroid dienone is 1. The van der Waals surface area contributed by atoms with Crippen molar-refractivity contribution in [2.45, 2.75) is 0 Å². The second-order valence-electron chi connectivity index (χ2n) is 6.89. The van der Waals surface area contributed by atoms with Gasteiger partial charge in [-0.2, -0.15) is 0 Å². The van der Waals surface area contributed by atoms with Gasteiger partial charge in [-0.3, -0.25) is 4.79 Å². The third-order valence-electron chi connectivity index (χ3n) is 5.23. The number of carbonyl (C=O) groups excluding carboxylic acids is 1. The molecule has 1 aliphatic carbocycles. The van der Waals surface area contributed by atoms with Gasteiger partial charge in [0.25, 0.3) is 0 Å². The fourth-order valence-electron chi connectivity index (χ4n) is 3.74. The molecule has 0 spiro atoms. The first kappa shape index (κ1) is 20.3. The zero-order valence-electron chi connectivity index (χ0n) is 17.8. The van der Waals surface area contributed by atoms with Crippen LogP contribution in [0.1, 0.15) is 21.5 Å². The average molecular weight is 417 g/mol. The lowest BCUT2D eigenvalue weighted by Gasteiger charge is -2.17. The summed E-state index contributed by atoms with van der Waals surface area (Å²) in [6.07, 6.45) is 0. The van der Waals surface area contributed by atoms with Crippen LogP contribution in [-0.2, 0) is 0 Å². The molecule has 0 amide bonds. The first-order valence-electron chi connectivity index (χ1n) is 9.71. The van der Waals surface area contributed by atoms with Crippen LogP contribution in [-0.4, -0.2) is 34.2 Å². The van der Waals surface area contributed by atoms with Crippen molar-refractivity contribution in [3.05, 3.63) is 77.4 Å². The summed E-state index contributed by atoms with van der Waals surface area (Å²) in [4.78, 5) is 13.3. The number of anilines is 1. The molecule has 6 nitrogen and oxygen atoms in total. The summed E-state index contributed by atoms with van der Waals surface area (Å²) in [7, 11) is 6.31. The van der Waals surface area contributed by atoms with E-state index in [0.29, 0.717) is 34.1 Å². The predicted octanol–water partition coefficient (Wildman–Crippen LogP) is 4.90. The van der Waals surface area contributed by atoms with E-state index in [0.717, 1.165) is 22.6 Å². The van der Waals surface area contributed by atoms with Crippen LogP contribution in [0, 0.1) is 0 Å². The van der Waals surface area contributed by atoms with Crippen LogP contribution in [0.25, 0.3) is 11.3 Å². The number of benzene rings is 3. The Balaban J connectivity index is 1.86. The molecule has 0 atom stereocenters. The SMILES string of the molecule is COc1ccc(C2=C(Nc3cc(OC)c(OC)c(OC)c3)c3ccccc3C2=O)cc1. The number of rotatable bonds is 7. The van der Waals surface area contributed by atoms with Crippen LogP contribution >= 0.6 is 0 Å². The third kappa shape index (κ3) is 3.57. The van der Waals surface area contributed by atoms with Gasteiger partial charge < -0.3 is 24.3 Å². The molecule has 0 aliphatic heterocycles. The lowest BCUT2D eigenvalue weighted by Crippen LogP contribution is -2.03. The van der Waals surface area contributed by atoms with E-state index >= 15 is 0 Å². The van der Waals surface area contributed by atoms with E-state index in [4.69, 9.17) is 18.9 Å². The molecule has 0 heterocycles. The molecule has 0 saturated carbocycles. The van der Waals surface area contributed by atoms with Crippen LogP contribution in [0.15, 0.2) is 60.7 Å². The number of methoxy groups -OCH3 is 4. The minimum absolute atomic E-state index is 0.0318. The van der Waals surface area contributed by atoms with Gasteiger partial charge >= 0.3 is 0 Å². The van der Waals surface area contributed by atoms with Gasteiger partial charge in [0, 0.05) is 28.9 Å². The Morgan fingerprint density at radius 2 is 1.32 bits per heavy atom. The standard InChI is InChI=1S/C25H23NO5/c1-28-17-11-9-15(10-12-17)22-23(18-7-5-6-8-19(18)24(22)27)26-16-13-20(29-2)25(31-4)21(14-16)30-3/h5-14,26H,1-4H3. The van der Waals surface area contributed by atoms with E-state index in [1.165, 1.54) is 0 Å². The predicted molar refractivity (Wildman–Crippen MR) is 120 cm³/mol. The van der Waals surface area contributed by atoms with E-state index in [1.807, 2.05) is 60.7 Å². The number of carbonyl (C=O) groups is 1. The fraction of sp³-hybridized carbons (Fsp3) is 0.160. The van der Waals surface area contributed by atoms with Crippen molar-refractivity contribution in [1.29, 1.82) is 0 Å². The highest BCUT2D eigenvalue weighted by Gasteiger charge is 2.31. The van der Waals surface area contributed by atoms with Crippen molar-refractivity contribution in [3.63, 3.8) is 0 Å². The highest BCUT2D eigenvalue weighted by Crippen LogP contribution is 2.43. The molecule has 1 aliphatic rings. The minimum Gasteiger partial charge on any atom is -0.497 e. The number of hydrogen-bond acceptors (Lipinski definition) is 6. The van der Waals surface area contributed by atoms with Crippen molar-refractivity contribution in [2.75, 3.05) is 33.8 Å². The Morgan fingerprint density at radius 3 is 1.87 bits per heavy atom. The molecule has 4 rings (SSSR count). The number of fused-ring (bicyclic) bond motifs is 1. The summed E-state index contributed by atoms with van der Waals surface area (Å²) < 4.78 is 21.6. The highest BCUT2D eigenvalue weighted by molar-refractivity contribution is 6.40. The largest absolute Gasteiger partial charge is 0.497 e. The lowest BCUT2D eigenvalue weighted by atomic mass is 10.0. The Kier molecular flexibility index (Phi) is 5.54. The van der Waals surface area contributed by atoms with Crippen molar-refractivity contribution in [3.8, 4) is 23.0 Å². The van der Waals surface area contributed by atoms with Crippen LogP contribution in [0.4, 0.5) is 5.69 Å². The van der Waals surface area contributed by atoms with Crippen molar-refractivity contribution in [1.82, 2.24) is 0 Å². The highest BCUT2D eigenvalue weighted by atomic mass is 16.5. The smallest absolute Gasteiger partial charge is 0.203 e. The maximum Gasteiger partial charge on any atom is 0.203 e. The molecule has 158 valence electrons. The summed E-state index contributed by atoms with van der Waals surface area (Å²) in [6, 6.07) is 18.6. The molecular formula is C25H23NO5. The molecule has 0 unspecified atom stereocenters. The fourth-order valence-corrected chi connectivity index (χ4v) is 3.74. The summed E-state index contributed by atoms with van der Waals surface area (Å²) >= 11 is 0. The lowest BCUT2D eigenvalue weighted by molar-refractivity contribution is 0.105. The normalized spacial score (nSPS) is 12.5. The van der Waals surface area contributed by atoms with E-state index in [1.54, 1.807) is 28.4 Å². The second kappa shape index (κ2) is 8.44. The molecule has 0 saturated heterocycles. The van der Waals surface area contributed by atoms with E-state index < -0.39 is 0 Å². The van der Waals surface area contributed by atoms with Crippen LogP contribution < -0.4 is 24.3 Å².